The molecule has 0 bridgehead atoms. The molecular weight excluding hydrogens is 172 g/mol. The fourth-order valence-electron chi connectivity index (χ4n) is 0.404. The lowest BCUT2D eigenvalue weighted by molar-refractivity contribution is -0.113. The number of carbonyl (C=O) groups is 1. The van der Waals surface area contributed by atoms with E-state index in [9.17, 15) is 4.79 Å². The maximum Gasteiger partial charge on any atom is 0.241 e. The average Bonchev–Trinajstić information content (AvgIpc) is 2.40. The number of aromatic nitrogens is 1. The third-order valence-electron chi connectivity index (χ3n) is 0.757. The summed E-state index contributed by atoms with van der Waals surface area (Å²) in [6.07, 6.45) is 2.57. The molecule has 3 nitrogen and oxygen atoms in total. The molecule has 0 aliphatic heterocycles. The molecule has 0 aromatic carbocycles. The topological polar surface area (TPSA) is 42.0 Å². The Bertz CT molecular complexity index is 211. The minimum absolute atomic E-state index is 0.0421. The third kappa shape index (κ3) is 1.97. The molecule has 0 atom stereocenters. The van der Waals surface area contributed by atoms with Crippen molar-refractivity contribution < 1.29 is 4.79 Å². The van der Waals surface area contributed by atoms with Crippen LogP contribution in [0.15, 0.2) is 5.38 Å². The van der Waals surface area contributed by atoms with Crippen LogP contribution < -0.4 is 5.32 Å². The number of halogens is 1. The second-order valence-corrected chi connectivity index (χ2v) is 2.59. The summed E-state index contributed by atoms with van der Waals surface area (Å²) < 4.78 is 0. The van der Waals surface area contributed by atoms with Crippen molar-refractivity contribution in [1.82, 2.24) is 4.98 Å². The third-order valence-corrected chi connectivity index (χ3v) is 1.64. The molecule has 1 heterocycles. The molecular formula is C5H4ClN2OS. The van der Waals surface area contributed by atoms with Crippen LogP contribution in [0.5, 0.6) is 0 Å². The smallest absolute Gasteiger partial charge is 0.241 e. The second-order valence-electron chi connectivity index (χ2n) is 1.46. The Morgan fingerprint density at radius 3 is 3.30 bits per heavy atom. The fraction of sp³-hybridized carbons (Fsp3) is 0.200. The molecule has 1 rings (SSSR count). The lowest BCUT2D eigenvalue weighted by Gasteiger charge is -1.93. The lowest BCUT2D eigenvalue weighted by atomic mass is 10.7. The Labute approximate surface area is 67.0 Å². The monoisotopic (exact) mass is 175 g/mol. The van der Waals surface area contributed by atoms with Crippen molar-refractivity contribution in [3.8, 4) is 0 Å². The van der Waals surface area contributed by atoms with Gasteiger partial charge in [-0.25, -0.2) is 4.98 Å². The summed E-state index contributed by atoms with van der Waals surface area (Å²) in [7, 11) is 0. The molecule has 1 aromatic rings. The highest BCUT2D eigenvalue weighted by Crippen LogP contribution is 2.09. The van der Waals surface area contributed by atoms with E-state index >= 15 is 0 Å². The van der Waals surface area contributed by atoms with Crippen molar-refractivity contribution in [1.29, 1.82) is 0 Å². The highest BCUT2D eigenvalue weighted by molar-refractivity contribution is 7.13. The van der Waals surface area contributed by atoms with Crippen molar-refractivity contribution in [2.75, 3.05) is 11.2 Å². The van der Waals surface area contributed by atoms with Crippen LogP contribution in [-0.4, -0.2) is 16.8 Å². The van der Waals surface area contributed by atoms with Crippen LogP contribution in [-0.2, 0) is 4.79 Å². The molecule has 0 aliphatic carbocycles. The molecule has 53 valence electrons. The molecule has 0 fully saturated rings. The summed E-state index contributed by atoms with van der Waals surface area (Å²) >= 11 is 6.53. The highest BCUT2D eigenvalue weighted by Gasteiger charge is 1.99. The highest BCUT2D eigenvalue weighted by atomic mass is 35.5. The number of alkyl halides is 1. The van der Waals surface area contributed by atoms with Gasteiger partial charge in [-0.05, 0) is 0 Å². The van der Waals surface area contributed by atoms with Crippen LogP contribution in [0, 0.1) is 6.20 Å². The van der Waals surface area contributed by atoms with E-state index in [1.807, 2.05) is 0 Å². The Kier molecular flexibility index (Phi) is 2.65. The second kappa shape index (κ2) is 3.53. The van der Waals surface area contributed by atoms with Gasteiger partial charge in [-0.2, -0.15) is 0 Å². The minimum atomic E-state index is -0.245. The van der Waals surface area contributed by atoms with Crippen molar-refractivity contribution in [2.24, 2.45) is 0 Å². The summed E-state index contributed by atoms with van der Waals surface area (Å²) in [5.74, 6) is -0.287. The van der Waals surface area contributed by atoms with Gasteiger partial charge in [0.05, 0.1) is 0 Å². The van der Waals surface area contributed by atoms with Crippen LogP contribution >= 0.6 is 22.9 Å². The summed E-state index contributed by atoms with van der Waals surface area (Å²) in [5, 5.41) is 4.67. The average molecular weight is 176 g/mol. The molecule has 10 heavy (non-hydrogen) atoms. The van der Waals surface area contributed by atoms with Crippen molar-refractivity contribution in [2.45, 2.75) is 0 Å². The molecule has 5 heteroatoms. The van der Waals surface area contributed by atoms with Crippen LogP contribution in [0.4, 0.5) is 5.13 Å². The zero-order valence-corrected chi connectivity index (χ0v) is 6.50. The van der Waals surface area contributed by atoms with Crippen LogP contribution in [0.25, 0.3) is 0 Å². The standard InChI is InChI=1S/C5H4ClN2OS/c6-3-4(9)8-5-7-1-2-10-5/h2H,3H2,(H,7,8,9). The van der Waals surface area contributed by atoms with E-state index < -0.39 is 0 Å². The van der Waals surface area contributed by atoms with E-state index in [0.29, 0.717) is 5.13 Å². The molecule has 0 aliphatic rings. The number of anilines is 1. The number of rotatable bonds is 2. The first-order valence-electron chi connectivity index (χ1n) is 2.50. The van der Waals surface area contributed by atoms with Crippen molar-refractivity contribution in [3.05, 3.63) is 11.6 Å². The SMILES string of the molecule is O=C(CCl)Nc1n[c]cs1. The fourth-order valence-corrected chi connectivity index (χ4v) is 0.966. The number of amides is 1. The molecule has 1 aromatic heterocycles. The molecule has 1 N–H and O–H groups in total. The zero-order chi connectivity index (χ0) is 7.40. The van der Waals surface area contributed by atoms with E-state index in [2.05, 4.69) is 16.5 Å². The van der Waals surface area contributed by atoms with Crippen molar-refractivity contribution in [3.63, 3.8) is 0 Å². The van der Waals surface area contributed by atoms with E-state index in [1.54, 1.807) is 5.38 Å². The van der Waals surface area contributed by atoms with E-state index in [0.717, 1.165) is 0 Å². The van der Waals surface area contributed by atoms with Gasteiger partial charge >= 0.3 is 0 Å². The number of nitrogens with one attached hydrogen (secondary N) is 1. The van der Waals surface area contributed by atoms with Gasteiger partial charge in [0, 0.05) is 5.38 Å². The number of hydrogen-bond acceptors (Lipinski definition) is 3. The van der Waals surface area contributed by atoms with Crippen LogP contribution in [0.2, 0.25) is 0 Å². The van der Waals surface area contributed by atoms with Gasteiger partial charge in [-0.3, -0.25) is 4.79 Å². The number of nitrogens with zero attached hydrogens (tertiary/aromatic N) is 1. The van der Waals surface area contributed by atoms with Crippen molar-refractivity contribution >= 4 is 34.0 Å². The molecule has 0 unspecified atom stereocenters. The summed E-state index contributed by atoms with van der Waals surface area (Å²) in [5.41, 5.74) is 0. The first-order chi connectivity index (χ1) is 4.83. The number of thiazole rings is 1. The first kappa shape index (κ1) is 7.50. The Morgan fingerprint density at radius 1 is 2.00 bits per heavy atom. The normalized spacial score (nSPS) is 9.30. The predicted octanol–water partition coefficient (Wildman–Crippen LogP) is 1.12. The maximum absolute atomic E-state index is 10.6. The van der Waals surface area contributed by atoms with Gasteiger partial charge in [-0.1, -0.05) is 0 Å². The van der Waals surface area contributed by atoms with Gasteiger partial charge < -0.3 is 5.32 Å². The van der Waals surface area contributed by atoms with Gasteiger partial charge in [0.25, 0.3) is 0 Å². The summed E-state index contributed by atoms with van der Waals surface area (Å²) in [4.78, 5) is 14.3. The van der Waals surface area contributed by atoms with Gasteiger partial charge in [-0.15, -0.1) is 22.9 Å². The van der Waals surface area contributed by atoms with Crippen LogP contribution in [0.3, 0.4) is 0 Å². The number of carbonyl (C=O) groups excluding carboxylic acids is 1. The van der Waals surface area contributed by atoms with E-state index in [-0.39, 0.29) is 11.8 Å². The Morgan fingerprint density at radius 2 is 2.80 bits per heavy atom. The van der Waals surface area contributed by atoms with E-state index in [1.165, 1.54) is 11.3 Å². The van der Waals surface area contributed by atoms with Gasteiger partial charge in [0.2, 0.25) is 5.91 Å². The quantitative estimate of drug-likeness (QED) is 0.685. The Hall–Kier alpha value is -0.610. The summed E-state index contributed by atoms with van der Waals surface area (Å²) in [6.45, 7) is 0. The first-order valence-corrected chi connectivity index (χ1v) is 3.91. The lowest BCUT2D eigenvalue weighted by Crippen LogP contribution is -2.11. The number of hydrogen-bond donors (Lipinski definition) is 1. The van der Waals surface area contributed by atoms with E-state index in [4.69, 9.17) is 11.6 Å². The van der Waals surface area contributed by atoms with Crippen LogP contribution in [0.1, 0.15) is 0 Å². The molecule has 0 spiro atoms. The minimum Gasteiger partial charge on any atom is -0.301 e. The largest absolute Gasteiger partial charge is 0.301 e. The molecule has 0 saturated carbocycles. The van der Waals surface area contributed by atoms with Gasteiger partial charge in [0.1, 0.15) is 12.1 Å². The zero-order valence-electron chi connectivity index (χ0n) is 4.93. The summed E-state index contributed by atoms with van der Waals surface area (Å²) in [6, 6.07) is 0. The maximum atomic E-state index is 10.6. The Balaban J connectivity index is 2.48. The predicted molar refractivity (Wildman–Crippen MR) is 40.3 cm³/mol. The molecule has 1 radical (unpaired) electrons. The molecule has 0 saturated heterocycles. The molecule has 1 amide bonds. The van der Waals surface area contributed by atoms with Gasteiger partial charge in [0.15, 0.2) is 5.13 Å².